The number of amides is 1. The third kappa shape index (κ3) is 17.1. The molecule has 1 aromatic rings. The number of aliphatic hydroxyl groups is 1. The number of nitrogens with one attached hydrogen (secondary N) is 1. The van der Waals surface area contributed by atoms with Gasteiger partial charge in [0.05, 0.1) is 18.9 Å². The van der Waals surface area contributed by atoms with Crippen molar-refractivity contribution in [2.45, 2.75) is 115 Å². The molecule has 1 aliphatic heterocycles. The fourth-order valence-corrected chi connectivity index (χ4v) is 6.20. The van der Waals surface area contributed by atoms with Crippen LogP contribution in [0.2, 0.25) is 0 Å². The second-order valence-electron chi connectivity index (χ2n) is 14.0. The van der Waals surface area contributed by atoms with Crippen LogP contribution >= 0.6 is 0 Å². The Labute approximate surface area is 308 Å². The van der Waals surface area contributed by atoms with Crippen LogP contribution in [0.4, 0.5) is 0 Å². The number of carbonyl (C=O) groups is 5. The zero-order chi connectivity index (χ0) is 38.4. The predicted molar refractivity (Wildman–Crippen MR) is 197 cm³/mol. The normalized spacial score (nSPS) is 16.2. The molecule has 0 saturated carbocycles. The Bertz CT molecular complexity index is 1280. The fraction of sp³-hybridized carbons (Fsp3) is 0.667. The van der Waals surface area contributed by atoms with Crippen molar-refractivity contribution in [2.24, 2.45) is 5.92 Å². The van der Waals surface area contributed by atoms with Gasteiger partial charge in [0.2, 0.25) is 5.91 Å². The van der Waals surface area contributed by atoms with Crippen molar-refractivity contribution in [3.63, 3.8) is 0 Å². The van der Waals surface area contributed by atoms with Gasteiger partial charge in [0.25, 0.3) is 0 Å². The number of Topliss-reactive ketones (excluding diaryl/α,β-unsaturated/α-hetero) is 1. The molecule has 52 heavy (non-hydrogen) atoms. The summed E-state index contributed by atoms with van der Waals surface area (Å²) in [7, 11) is 2.11. The molecular weight excluding hydrogens is 670 g/mol. The molecule has 2 rings (SSSR count). The van der Waals surface area contributed by atoms with Gasteiger partial charge in [-0.3, -0.25) is 14.4 Å². The second kappa shape index (κ2) is 24.4. The number of nitrogens with zero attached hydrogens (tertiary/aromatic N) is 2. The number of allylic oxidation sites excluding steroid dienone is 1. The Kier molecular flexibility index (Phi) is 20.8. The number of hydrogen-bond donors (Lipinski definition) is 5. The number of ketones is 1. The molecule has 5 N–H and O–H groups in total. The molecule has 1 aliphatic rings. The first-order chi connectivity index (χ1) is 24.8. The number of ether oxygens (including phenoxy) is 1. The van der Waals surface area contributed by atoms with Gasteiger partial charge < -0.3 is 40.3 Å². The Morgan fingerprint density at radius 3 is 2.06 bits per heavy atom. The van der Waals surface area contributed by atoms with Gasteiger partial charge in [-0.15, -0.1) is 0 Å². The number of likely N-dealkylation sites (N-methyl/N-ethyl adjacent to an activating group) is 1. The first-order valence-corrected chi connectivity index (χ1v) is 18.9. The number of piperazine rings is 1. The molecule has 0 radical (unpaired) electrons. The van der Waals surface area contributed by atoms with Gasteiger partial charge >= 0.3 is 17.9 Å². The fourth-order valence-electron chi connectivity index (χ4n) is 6.20. The van der Waals surface area contributed by atoms with Crippen molar-refractivity contribution in [1.29, 1.82) is 0 Å². The molecule has 1 saturated heterocycles. The maximum Gasteiger partial charge on any atom is 0.337 e. The van der Waals surface area contributed by atoms with E-state index in [4.69, 9.17) is 4.74 Å². The number of carboxylic acids is 3. The van der Waals surface area contributed by atoms with Crippen LogP contribution in [0.15, 0.2) is 36.4 Å². The van der Waals surface area contributed by atoms with Crippen LogP contribution < -0.4 is 10.1 Å². The standard InChI is InChI=1S/C39H61N3O10/c1-3-4-5-8-11-15-31(43)16-12-9-6-7-10-13-17-33(39(51,38(49)50)29-35(44)45)36(46)40-34(37(47)48)28-30-18-20-32(21-19-30)52-27-14-22-42-25-23-41(2)24-26-42/h13,17-21,33-34,51H,3-12,14-16,22-29H2,1-2H3,(H,40,46)(H,44,45)(H,47,48)(H,49,50)/b17-13+/t33-,34-,39-/m0/s1. The highest BCUT2D eigenvalue weighted by Crippen LogP contribution is 2.26. The number of aliphatic carboxylic acids is 3. The van der Waals surface area contributed by atoms with Gasteiger partial charge in [-0.25, -0.2) is 9.59 Å². The first kappa shape index (κ1) is 44.4. The molecule has 292 valence electrons. The van der Waals surface area contributed by atoms with Gasteiger partial charge in [0.1, 0.15) is 17.6 Å². The predicted octanol–water partition coefficient (Wildman–Crippen LogP) is 4.55. The maximum atomic E-state index is 13.4. The van der Waals surface area contributed by atoms with E-state index in [0.29, 0.717) is 43.6 Å². The Balaban J connectivity index is 1.92. The molecular formula is C39H61N3O10. The Morgan fingerprint density at radius 2 is 1.48 bits per heavy atom. The SMILES string of the molecule is CCCCCCCC(=O)CCCCCC/C=C/[C@@H](C(=O)N[C@@H](Cc1ccc(OCCCN2CCN(C)CC2)cc1)C(=O)O)[C@@](O)(CC(=O)O)C(=O)O. The number of hydrogen-bond acceptors (Lipinski definition) is 9. The minimum atomic E-state index is -3.02. The highest BCUT2D eigenvalue weighted by molar-refractivity contribution is 5.94. The van der Waals surface area contributed by atoms with Crippen LogP contribution in [0.25, 0.3) is 0 Å². The van der Waals surface area contributed by atoms with Gasteiger partial charge in [-0.1, -0.05) is 69.7 Å². The highest BCUT2D eigenvalue weighted by atomic mass is 16.5. The average Bonchev–Trinajstić information content (AvgIpc) is 3.10. The number of benzene rings is 1. The van der Waals surface area contributed by atoms with Gasteiger partial charge in [-0.05, 0) is 56.8 Å². The zero-order valence-electron chi connectivity index (χ0n) is 31.1. The monoisotopic (exact) mass is 731 g/mol. The Morgan fingerprint density at radius 1 is 0.865 bits per heavy atom. The molecule has 0 unspecified atom stereocenters. The molecule has 0 aromatic heterocycles. The summed E-state index contributed by atoms with van der Waals surface area (Å²) >= 11 is 0. The molecule has 13 nitrogen and oxygen atoms in total. The second-order valence-corrected chi connectivity index (χ2v) is 14.0. The van der Waals surface area contributed by atoms with E-state index in [0.717, 1.165) is 90.2 Å². The van der Waals surface area contributed by atoms with E-state index in [1.165, 1.54) is 12.5 Å². The smallest absolute Gasteiger partial charge is 0.337 e. The lowest BCUT2D eigenvalue weighted by Crippen LogP contribution is -2.55. The van der Waals surface area contributed by atoms with E-state index in [1.807, 2.05) is 0 Å². The summed E-state index contributed by atoms with van der Waals surface area (Å²) in [6.07, 6.45) is 12.2. The van der Waals surface area contributed by atoms with E-state index < -0.39 is 47.8 Å². The molecule has 3 atom stereocenters. The topological polar surface area (TPSA) is 194 Å². The van der Waals surface area contributed by atoms with E-state index >= 15 is 0 Å². The lowest BCUT2D eigenvalue weighted by atomic mass is 9.82. The molecule has 1 amide bonds. The maximum absolute atomic E-state index is 13.4. The van der Waals surface area contributed by atoms with Crippen LogP contribution in [-0.2, 0) is 30.4 Å². The average molecular weight is 732 g/mol. The lowest BCUT2D eigenvalue weighted by Gasteiger charge is -2.32. The minimum Gasteiger partial charge on any atom is -0.494 e. The molecule has 1 heterocycles. The van der Waals surface area contributed by atoms with E-state index in [1.54, 1.807) is 24.3 Å². The van der Waals surface area contributed by atoms with Gasteiger partial charge in [-0.2, -0.15) is 0 Å². The van der Waals surface area contributed by atoms with E-state index in [9.17, 15) is 44.4 Å². The molecule has 1 aromatic carbocycles. The third-order valence-electron chi connectivity index (χ3n) is 9.51. The molecule has 0 bridgehead atoms. The van der Waals surface area contributed by atoms with Crippen molar-refractivity contribution >= 4 is 29.6 Å². The van der Waals surface area contributed by atoms with Crippen molar-refractivity contribution in [3.8, 4) is 5.75 Å². The molecule has 13 heteroatoms. The van der Waals surface area contributed by atoms with Crippen LogP contribution in [0.3, 0.4) is 0 Å². The highest BCUT2D eigenvalue weighted by Gasteiger charge is 2.49. The van der Waals surface area contributed by atoms with Crippen molar-refractivity contribution in [1.82, 2.24) is 15.1 Å². The molecule has 0 spiro atoms. The zero-order valence-corrected chi connectivity index (χ0v) is 31.1. The summed E-state index contributed by atoms with van der Waals surface area (Å²) in [5.74, 6) is -7.05. The third-order valence-corrected chi connectivity index (χ3v) is 9.51. The summed E-state index contributed by atoms with van der Waals surface area (Å²) in [6, 6.07) is 5.29. The molecule has 1 fully saturated rings. The van der Waals surface area contributed by atoms with Gasteiger partial charge in [0, 0.05) is 52.0 Å². The summed E-state index contributed by atoms with van der Waals surface area (Å²) in [4.78, 5) is 66.0. The Hall–Kier alpha value is -3.81. The van der Waals surface area contributed by atoms with Crippen molar-refractivity contribution in [3.05, 3.63) is 42.0 Å². The quantitative estimate of drug-likeness (QED) is 0.0598. The van der Waals surface area contributed by atoms with Crippen LogP contribution in [0.5, 0.6) is 5.75 Å². The summed E-state index contributed by atoms with van der Waals surface area (Å²) < 4.78 is 5.84. The summed E-state index contributed by atoms with van der Waals surface area (Å²) in [6.45, 7) is 7.77. The van der Waals surface area contributed by atoms with Crippen LogP contribution in [0.1, 0.15) is 102 Å². The number of unbranched alkanes of at least 4 members (excludes halogenated alkanes) is 8. The number of rotatable bonds is 28. The summed E-state index contributed by atoms with van der Waals surface area (Å²) in [5, 5.41) is 42.4. The van der Waals surface area contributed by atoms with Gasteiger partial charge in [0.15, 0.2) is 5.60 Å². The van der Waals surface area contributed by atoms with E-state index in [-0.39, 0.29) is 12.2 Å². The minimum absolute atomic E-state index is 0.146. The lowest BCUT2D eigenvalue weighted by molar-refractivity contribution is -0.172. The van der Waals surface area contributed by atoms with E-state index in [2.05, 4.69) is 29.1 Å². The summed E-state index contributed by atoms with van der Waals surface area (Å²) in [5.41, 5.74) is -2.45. The van der Waals surface area contributed by atoms with Crippen LogP contribution in [0, 0.1) is 5.92 Å². The molecule has 0 aliphatic carbocycles. The number of carboxylic acid groups (broad SMARTS) is 3. The first-order valence-electron chi connectivity index (χ1n) is 18.9. The van der Waals surface area contributed by atoms with Crippen LogP contribution in [-0.4, -0.2) is 118 Å². The number of carbonyl (C=O) groups excluding carboxylic acids is 2. The van der Waals surface area contributed by atoms with Crippen molar-refractivity contribution in [2.75, 3.05) is 46.4 Å². The van der Waals surface area contributed by atoms with Crippen molar-refractivity contribution < 1.29 is 49.1 Å². The largest absolute Gasteiger partial charge is 0.494 e.